The molecule has 0 amide bonds. The van der Waals surface area contributed by atoms with Crippen LogP contribution in [0.1, 0.15) is 24.1 Å². The van der Waals surface area contributed by atoms with E-state index in [1.807, 2.05) is 6.07 Å². The van der Waals surface area contributed by atoms with Gasteiger partial charge in [-0.15, -0.1) is 0 Å². The minimum Gasteiger partial charge on any atom is -0.464 e. The van der Waals surface area contributed by atoms with Gasteiger partial charge in [-0.1, -0.05) is 12.1 Å². The summed E-state index contributed by atoms with van der Waals surface area (Å²) in [7, 11) is 0. The van der Waals surface area contributed by atoms with Gasteiger partial charge in [0.2, 0.25) is 6.17 Å². The van der Waals surface area contributed by atoms with Crippen molar-refractivity contribution in [2.75, 3.05) is 6.61 Å². The molecule has 5 heteroatoms. The van der Waals surface area contributed by atoms with Gasteiger partial charge in [0.15, 0.2) is 0 Å². The van der Waals surface area contributed by atoms with Gasteiger partial charge < -0.3 is 10.5 Å². The fraction of sp³-hybridized carbons (Fsp3) is 0.333. The van der Waals surface area contributed by atoms with Crippen LogP contribution in [-0.2, 0) is 9.53 Å². The highest BCUT2D eigenvalue weighted by Gasteiger charge is 2.27. The summed E-state index contributed by atoms with van der Waals surface area (Å²) in [4.78, 5) is 11.2. The summed E-state index contributed by atoms with van der Waals surface area (Å²) >= 11 is 0. The van der Waals surface area contributed by atoms with E-state index in [4.69, 9.17) is 11.0 Å². The van der Waals surface area contributed by atoms with Crippen LogP contribution in [0.2, 0.25) is 0 Å². The first-order valence-electron chi connectivity index (χ1n) is 5.16. The number of nitrogens with zero attached hydrogens (tertiary/aromatic N) is 1. The topological polar surface area (TPSA) is 76.1 Å². The van der Waals surface area contributed by atoms with Gasteiger partial charge in [-0.3, -0.25) is 0 Å². The summed E-state index contributed by atoms with van der Waals surface area (Å²) in [5.74, 6) is -0.984. The molecule has 0 aliphatic carbocycles. The lowest BCUT2D eigenvalue weighted by Gasteiger charge is -2.15. The first-order chi connectivity index (χ1) is 8.10. The number of alkyl halides is 1. The number of halogens is 1. The minimum absolute atomic E-state index is 0.101. The lowest BCUT2D eigenvalue weighted by atomic mass is 10.0. The summed E-state index contributed by atoms with van der Waals surface area (Å²) in [5.41, 5.74) is 6.37. The molecule has 90 valence electrons. The molecule has 0 saturated heterocycles. The van der Waals surface area contributed by atoms with Crippen molar-refractivity contribution >= 4 is 5.97 Å². The molecule has 2 atom stereocenters. The number of carbonyl (C=O) groups is 1. The van der Waals surface area contributed by atoms with Gasteiger partial charge in [0, 0.05) is 0 Å². The maximum absolute atomic E-state index is 13.6. The smallest absolute Gasteiger partial charge is 0.342 e. The van der Waals surface area contributed by atoms with Crippen molar-refractivity contribution in [2.24, 2.45) is 5.73 Å². The predicted octanol–water partition coefficient (Wildman–Crippen LogP) is 1.46. The number of benzene rings is 1. The molecule has 0 radical (unpaired) electrons. The molecule has 4 nitrogen and oxygen atoms in total. The Morgan fingerprint density at radius 2 is 2.35 bits per heavy atom. The molecule has 0 aliphatic heterocycles. The zero-order chi connectivity index (χ0) is 12.8. The van der Waals surface area contributed by atoms with Crippen LogP contribution in [0.25, 0.3) is 0 Å². The fourth-order valence-electron chi connectivity index (χ4n) is 1.35. The zero-order valence-electron chi connectivity index (χ0n) is 9.39. The van der Waals surface area contributed by atoms with Crippen LogP contribution in [-0.4, -0.2) is 18.7 Å². The van der Waals surface area contributed by atoms with E-state index in [0.717, 1.165) is 0 Å². The van der Waals surface area contributed by atoms with Crippen LogP contribution in [0.4, 0.5) is 4.39 Å². The van der Waals surface area contributed by atoms with Gasteiger partial charge in [0.05, 0.1) is 24.3 Å². The lowest BCUT2D eigenvalue weighted by Crippen LogP contribution is -2.31. The van der Waals surface area contributed by atoms with E-state index in [1.165, 1.54) is 6.07 Å². The maximum Gasteiger partial charge on any atom is 0.342 e. The number of nitrogens with two attached hydrogens (primary N) is 1. The van der Waals surface area contributed by atoms with Gasteiger partial charge in [-0.25, -0.2) is 9.18 Å². The Bertz CT molecular complexity index is 442. The monoisotopic (exact) mass is 236 g/mol. The van der Waals surface area contributed by atoms with Crippen LogP contribution in [0.3, 0.4) is 0 Å². The molecule has 0 fully saturated rings. The number of rotatable bonds is 4. The minimum atomic E-state index is -1.93. The molecular weight excluding hydrogens is 223 g/mol. The van der Waals surface area contributed by atoms with Gasteiger partial charge in [-0.05, 0) is 24.6 Å². The highest BCUT2D eigenvalue weighted by atomic mass is 19.1. The Labute approximate surface area is 98.8 Å². The highest BCUT2D eigenvalue weighted by molar-refractivity contribution is 5.75. The van der Waals surface area contributed by atoms with E-state index in [9.17, 15) is 9.18 Å². The second-order valence-electron chi connectivity index (χ2n) is 3.42. The Morgan fingerprint density at radius 1 is 1.65 bits per heavy atom. The third kappa shape index (κ3) is 3.26. The van der Waals surface area contributed by atoms with E-state index in [-0.39, 0.29) is 6.61 Å². The normalized spacial score (nSPS) is 13.5. The Kier molecular flexibility index (Phi) is 4.61. The number of esters is 1. The van der Waals surface area contributed by atoms with Crippen molar-refractivity contribution in [2.45, 2.75) is 19.1 Å². The number of hydrogen-bond donors (Lipinski definition) is 1. The number of hydrogen-bond acceptors (Lipinski definition) is 4. The first-order valence-corrected chi connectivity index (χ1v) is 5.16. The van der Waals surface area contributed by atoms with Crippen molar-refractivity contribution in [3.05, 3.63) is 35.4 Å². The largest absolute Gasteiger partial charge is 0.464 e. The van der Waals surface area contributed by atoms with Crippen LogP contribution in [0, 0.1) is 11.3 Å². The number of nitriles is 1. The van der Waals surface area contributed by atoms with E-state index in [1.54, 1.807) is 25.1 Å². The van der Waals surface area contributed by atoms with Gasteiger partial charge in [0.25, 0.3) is 0 Å². The molecule has 1 aromatic carbocycles. The lowest BCUT2D eigenvalue weighted by molar-refractivity contribution is -0.149. The molecule has 2 N–H and O–H groups in total. The van der Waals surface area contributed by atoms with E-state index in [0.29, 0.717) is 11.1 Å². The fourth-order valence-corrected chi connectivity index (χ4v) is 1.35. The molecular formula is C12H13FN2O2. The van der Waals surface area contributed by atoms with Crippen molar-refractivity contribution in [1.82, 2.24) is 0 Å². The predicted molar refractivity (Wildman–Crippen MR) is 59.6 cm³/mol. The van der Waals surface area contributed by atoms with Crippen LogP contribution < -0.4 is 5.73 Å². The van der Waals surface area contributed by atoms with E-state index < -0.39 is 18.2 Å². The first kappa shape index (κ1) is 13.1. The standard InChI is InChI=1S/C12H13FN2O2/c1-2-17-12(16)10(13)11(15)9-5-3-4-8(6-9)7-14/h3-6,10-11H,2,15H2,1H3/t10?,11-/m1/s1. The third-order valence-corrected chi connectivity index (χ3v) is 2.23. The van der Waals surface area contributed by atoms with Crippen molar-refractivity contribution in [3.63, 3.8) is 0 Å². The highest BCUT2D eigenvalue weighted by Crippen LogP contribution is 2.19. The number of ether oxygens (including phenoxy) is 1. The quantitative estimate of drug-likeness (QED) is 0.803. The average molecular weight is 236 g/mol. The van der Waals surface area contributed by atoms with E-state index >= 15 is 0 Å². The molecule has 1 aromatic rings. The van der Waals surface area contributed by atoms with Gasteiger partial charge >= 0.3 is 5.97 Å². The van der Waals surface area contributed by atoms with Crippen LogP contribution >= 0.6 is 0 Å². The molecule has 17 heavy (non-hydrogen) atoms. The van der Waals surface area contributed by atoms with E-state index in [2.05, 4.69) is 4.74 Å². The van der Waals surface area contributed by atoms with Crippen molar-refractivity contribution < 1.29 is 13.9 Å². The summed E-state index contributed by atoms with van der Waals surface area (Å²) in [6.07, 6.45) is -1.93. The molecule has 0 bridgehead atoms. The summed E-state index contributed by atoms with van der Waals surface area (Å²) in [5, 5.41) is 8.70. The second kappa shape index (κ2) is 5.97. The average Bonchev–Trinajstić information content (AvgIpc) is 2.37. The molecule has 0 aromatic heterocycles. The molecule has 0 spiro atoms. The molecule has 0 heterocycles. The van der Waals surface area contributed by atoms with Crippen LogP contribution in [0.5, 0.6) is 0 Å². The van der Waals surface area contributed by atoms with Gasteiger partial charge in [0.1, 0.15) is 0 Å². The Balaban J connectivity index is 2.85. The molecule has 0 saturated carbocycles. The molecule has 1 rings (SSSR count). The van der Waals surface area contributed by atoms with Crippen molar-refractivity contribution in [3.8, 4) is 6.07 Å². The Hall–Kier alpha value is -1.93. The Morgan fingerprint density at radius 3 is 2.94 bits per heavy atom. The third-order valence-electron chi connectivity index (χ3n) is 2.23. The summed E-state index contributed by atoms with van der Waals surface area (Å²) in [6, 6.07) is 6.99. The summed E-state index contributed by atoms with van der Waals surface area (Å²) in [6.45, 7) is 1.69. The SMILES string of the molecule is CCOC(=O)C(F)[C@H](N)c1cccc(C#N)c1. The molecule has 0 aliphatic rings. The van der Waals surface area contributed by atoms with Gasteiger partial charge in [-0.2, -0.15) is 5.26 Å². The van der Waals surface area contributed by atoms with Crippen LogP contribution in [0.15, 0.2) is 24.3 Å². The van der Waals surface area contributed by atoms with Crippen molar-refractivity contribution in [1.29, 1.82) is 5.26 Å². The maximum atomic E-state index is 13.6. The zero-order valence-corrected chi connectivity index (χ0v) is 9.39. The summed E-state index contributed by atoms with van der Waals surface area (Å²) < 4.78 is 18.2. The molecule has 1 unspecified atom stereocenters. The number of carbonyl (C=O) groups excluding carboxylic acids is 1. The second-order valence-corrected chi connectivity index (χ2v) is 3.42.